The van der Waals surface area contributed by atoms with Crippen LogP contribution in [0.5, 0.6) is 0 Å². The Balaban J connectivity index is 2.19. The summed E-state index contributed by atoms with van der Waals surface area (Å²) >= 11 is 11.9. The van der Waals surface area contributed by atoms with Crippen molar-refractivity contribution < 1.29 is 13.2 Å². The van der Waals surface area contributed by atoms with Crippen molar-refractivity contribution in [2.45, 2.75) is 31.1 Å². The van der Waals surface area contributed by atoms with Crippen LogP contribution < -0.4 is 5.32 Å². The Bertz CT molecular complexity index is 679. The molecule has 0 radical (unpaired) electrons. The molecule has 0 aliphatic carbocycles. The van der Waals surface area contributed by atoms with E-state index in [0.29, 0.717) is 31.0 Å². The number of hydrogen-bond donors (Lipinski definition) is 1. The number of benzene rings is 1. The molecule has 128 valence electrons. The first-order valence-electron chi connectivity index (χ1n) is 7.59. The Morgan fingerprint density at radius 1 is 1.39 bits per heavy atom. The molecule has 1 heterocycles. The normalized spacial score (nSPS) is 19.5. The molecule has 1 saturated heterocycles. The molecule has 0 saturated carbocycles. The van der Waals surface area contributed by atoms with Gasteiger partial charge >= 0.3 is 0 Å². The van der Waals surface area contributed by atoms with Crippen LogP contribution in [0.4, 0.5) is 0 Å². The topological polar surface area (TPSA) is 66.5 Å². The minimum absolute atomic E-state index is 0.0127. The van der Waals surface area contributed by atoms with Crippen molar-refractivity contribution in [3.8, 4) is 0 Å². The number of nitrogens with one attached hydrogen (secondary N) is 1. The molecule has 1 aliphatic rings. The van der Waals surface area contributed by atoms with Gasteiger partial charge in [-0.1, -0.05) is 30.1 Å². The Morgan fingerprint density at radius 3 is 2.83 bits per heavy atom. The summed E-state index contributed by atoms with van der Waals surface area (Å²) in [4.78, 5) is 12.1. The minimum Gasteiger partial charge on any atom is -0.356 e. The molecule has 0 unspecified atom stereocenters. The van der Waals surface area contributed by atoms with Crippen LogP contribution in [0.25, 0.3) is 0 Å². The molecule has 8 heteroatoms. The summed E-state index contributed by atoms with van der Waals surface area (Å²) in [6, 6.07) is 4.35. The maximum Gasteiger partial charge on any atom is 0.244 e. The van der Waals surface area contributed by atoms with Gasteiger partial charge in [-0.3, -0.25) is 4.79 Å². The van der Waals surface area contributed by atoms with E-state index in [1.54, 1.807) is 6.07 Å². The fourth-order valence-corrected chi connectivity index (χ4v) is 4.84. The van der Waals surface area contributed by atoms with Gasteiger partial charge in [0.1, 0.15) is 4.90 Å². The number of hydrogen-bond acceptors (Lipinski definition) is 3. The average molecular weight is 379 g/mol. The van der Waals surface area contributed by atoms with Crippen LogP contribution in [0, 0.1) is 5.92 Å². The molecular weight excluding hydrogens is 359 g/mol. The number of carbonyl (C=O) groups is 1. The van der Waals surface area contributed by atoms with Crippen LogP contribution in [0.3, 0.4) is 0 Å². The van der Waals surface area contributed by atoms with Gasteiger partial charge in [0.2, 0.25) is 15.9 Å². The van der Waals surface area contributed by atoms with E-state index in [2.05, 4.69) is 5.32 Å². The molecule has 2 rings (SSSR count). The molecule has 1 aromatic rings. The van der Waals surface area contributed by atoms with Gasteiger partial charge in [-0.25, -0.2) is 8.42 Å². The molecular formula is C15H20Cl2N2O3S. The zero-order valence-electron chi connectivity index (χ0n) is 12.9. The predicted molar refractivity (Wildman–Crippen MR) is 91.2 cm³/mol. The first-order valence-corrected chi connectivity index (χ1v) is 9.78. The Kier molecular flexibility index (Phi) is 6.31. The Labute approximate surface area is 147 Å². The third-order valence-corrected chi connectivity index (χ3v) is 6.40. The lowest BCUT2D eigenvalue weighted by Gasteiger charge is -2.31. The summed E-state index contributed by atoms with van der Waals surface area (Å²) in [5.41, 5.74) is 0. The SMILES string of the molecule is CCCNC(=O)[C@@H]1CCCN(S(=O)(=O)c2cc(Cl)ccc2Cl)C1. The lowest BCUT2D eigenvalue weighted by atomic mass is 9.99. The van der Waals surface area contributed by atoms with Gasteiger partial charge in [0.05, 0.1) is 10.9 Å². The maximum atomic E-state index is 12.8. The summed E-state index contributed by atoms with van der Waals surface area (Å²) in [5, 5.41) is 3.27. The quantitative estimate of drug-likeness (QED) is 0.856. The monoisotopic (exact) mass is 378 g/mol. The van der Waals surface area contributed by atoms with E-state index in [1.807, 2.05) is 6.92 Å². The second-order valence-corrected chi connectivity index (χ2v) is 8.32. The number of carbonyl (C=O) groups excluding carboxylic acids is 1. The third kappa shape index (κ3) is 4.38. The van der Waals surface area contributed by atoms with Crippen LogP contribution in [-0.4, -0.2) is 38.3 Å². The van der Waals surface area contributed by atoms with E-state index in [0.717, 1.165) is 6.42 Å². The van der Waals surface area contributed by atoms with E-state index in [-0.39, 0.29) is 28.3 Å². The van der Waals surface area contributed by atoms with Crippen molar-refractivity contribution in [3.63, 3.8) is 0 Å². The standard InChI is InChI=1S/C15H20Cl2N2O3S/c1-2-7-18-15(20)11-4-3-8-19(10-11)23(21,22)14-9-12(16)5-6-13(14)17/h5-6,9,11H,2-4,7-8,10H2,1H3,(H,18,20)/t11-/m1/s1. The smallest absolute Gasteiger partial charge is 0.244 e. The fourth-order valence-electron chi connectivity index (χ4n) is 2.58. The lowest BCUT2D eigenvalue weighted by molar-refractivity contribution is -0.126. The second kappa shape index (κ2) is 7.83. The average Bonchev–Trinajstić information content (AvgIpc) is 2.54. The fraction of sp³-hybridized carbons (Fsp3) is 0.533. The van der Waals surface area contributed by atoms with Crippen molar-refractivity contribution in [3.05, 3.63) is 28.2 Å². The number of piperidine rings is 1. The van der Waals surface area contributed by atoms with Gasteiger partial charge in [0, 0.05) is 24.7 Å². The summed E-state index contributed by atoms with van der Waals surface area (Å²) in [5.74, 6) is -0.424. The van der Waals surface area contributed by atoms with E-state index < -0.39 is 10.0 Å². The molecule has 0 spiro atoms. The summed E-state index contributed by atoms with van der Waals surface area (Å²) in [6.45, 7) is 3.12. The number of amides is 1. The number of sulfonamides is 1. The molecule has 1 aromatic carbocycles. The van der Waals surface area contributed by atoms with Crippen molar-refractivity contribution >= 4 is 39.1 Å². The van der Waals surface area contributed by atoms with Crippen LogP contribution in [0.1, 0.15) is 26.2 Å². The van der Waals surface area contributed by atoms with E-state index in [4.69, 9.17) is 23.2 Å². The summed E-state index contributed by atoms with van der Waals surface area (Å²) in [7, 11) is -3.77. The summed E-state index contributed by atoms with van der Waals surface area (Å²) < 4.78 is 26.9. The first kappa shape index (κ1) is 18.5. The van der Waals surface area contributed by atoms with Gasteiger partial charge in [0.25, 0.3) is 0 Å². The van der Waals surface area contributed by atoms with Crippen LogP contribution >= 0.6 is 23.2 Å². The van der Waals surface area contributed by atoms with Crippen molar-refractivity contribution in [1.29, 1.82) is 0 Å². The zero-order valence-corrected chi connectivity index (χ0v) is 15.2. The number of nitrogens with zero attached hydrogens (tertiary/aromatic N) is 1. The van der Waals surface area contributed by atoms with E-state index >= 15 is 0 Å². The highest BCUT2D eigenvalue weighted by Crippen LogP contribution is 2.30. The Morgan fingerprint density at radius 2 is 2.13 bits per heavy atom. The molecule has 1 aliphatic heterocycles. The largest absolute Gasteiger partial charge is 0.356 e. The molecule has 0 bridgehead atoms. The molecule has 23 heavy (non-hydrogen) atoms. The highest BCUT2D eigenvalue weighted by molar-refractivity contribution is 7.89. The van der Waals surface area contributed by atoms with Gasteiger partial charge in [-0.05, 0) is 37.5 Å². The first-order chi connectivity index (χ1) is 10.9. The third-order valence-electron chi connectivity index (χ3n) is 3.82. The van der Waals surface area contributed by atoms with Crippen LogP contribution in [0.2, 0.25) is 10.0 Å². The van der Waals surface area contributed by atoms with Gasteiger partial charge in [-0.15, -0.1) is 0 Å². The Hall–Kier alpha value is -0.820. The highest BCUT2D eigenvalue weighted by atomic mass is 35.5. The van der Waals surface area contributed by atoms with Crippen LogP contribution in [0.15, 0.2) is 23.1 Å². The van der Waals surface area contributed by atoms with Crippen molar-refractivity contribution in [2.75, 3.05) is 19.6 Å². The van der Waals surface area contributed by atoms with E-state index in [9.17, 15) is 13.2 Å². The van der Waals surface area contributed by atoms with Crippen molar-refractivity contribution in [2.24, 2.45) is 5.92 Å². The molecule has 0 aromatic heterocycles. The molecule has 1 amide bonds. The van der Waals surface area contributed by atoms with E-state index in [1.165, 1.54) is 16.4 Å². The predicted octanol–water partition coefficient (Wildman–Crippen LogP) is 2.92. The highest BCUT2D eigenvalue weighted by Gasteiger charge is 2.34. The number of rotatable bonds is 5. The zero-order chi connectivity index (χ0) is 17.0. The van der Waals surface area contributed by atoms with Gasteiger partial charge < -0.3 is 5.32 Å². The lowest BCUT2D eigenvalue weighted by Crippen LogP contribution is -2.45. The van der Waals surface area contributed by atoms with Crippen LogP contribution in [-0.2, 0) is 14.8 Å². The molecule has 1 atom stereocenters. The minimum atomic E-state index is -3.77. The maximum absolute atomic E-state index is 12.8. The second-order valence-electron chi connectivity index (χ2n) is 5.57. The summed E-state index contributed by atoms with van der Waals surface area (Å²) in [6.07, 6.45) is 2.17. The van der Waals surface area contributed by atoms with Gasteiger partial charge in [-0.2, -0.15) is 4.31 Å². The number of halogens is 2. The molecule has 1 fully saturated rings. The molecule has 5 nitrogen and oxygen atoms in total. The molecule has 1 N–H and O–H groups in total. The van der Waals surface area contributed by atoms with Crippen molar-refractivity contribution in [1.82, 2.24) is 9.62 Å². The van der Waals surface area contributed by atoms with Gasteiger partial charge in [0.15, 0.2) is 0 Å².